The summed E-state index contributed by atoms with van der Waals surface area (Å²) in [7, 11) is 1.37. The van der Waals surface area contributed by atoms with Crippen LogP contribution in [0.5, 0.6) is 0 Å². The third kappa shape index (κ3) is 3.17. The van der Waals surface area contributed by atoms with Crippen molar-refractivity contribution in [3.8, 4) is 6.07 Å². The van der Waals surface area contributed by atoms with Crippen molar-refractivity contribution in [2.45, 2.75) is 20.3 Å². The maximum atomic E-state index is 11.4. The molecule has 1 aromatic carbocycles. The third-order valence-electron chi connectivity index (χ3n) is 3.62. The molecule has 5 nitrogen and oxygen atoms in total. The number of anilines is 1. The lowest BCUT2D eigenvalue weighted by Gasteiger charge is -2.21. The zero-order valence-corrected chi connectivity index (χ0v) is 13.1. The molecular weight excluding hydrogens is 278 g/mol. The molecule has 0 bridgehead atoms. The van der Waals surface area contributed by atoms with Crippen molar-refractivity contribution in [3.05, 3.63) is 35.4 Å². The maximum Gasteiger partial charge on any atom is 0.309 e. The van der Waals surface area contributed by atoms with Crippen molar-refractivity contribution in [1.29, 1.82) is 5.26 Å². The van der Waals surface area contributed by atoms with Crippen LogP contribution in [0.25, 0.3) is 10.9 Å². The van der Waals surface area contributed by atoms with Crippen molar-refractivity contribution in [2.24, 2.45) is 0 Å². The van der Waals surface area contributed by atoms with Gasteiger partial charge in [0.05, 0.1) is 24.6 Å². The number of aromatic nitrogens is 1. The zero-order chi connectivity index (χ0) is 16.1. The summed E-state index contributed by atoms with van der Waals surface area (Å²) in [4.78, 5) is 18.0. The molecule has 22 heavy (non-hydrogen) atoms. The van der Waals surface area contributed by atoms with Crippen LogP contribution in [0.15, 0.2) is 24.3 Å². The first-order chi connectivity index (χ1) is 10.6. The van der Waals surface area contributed by atoms with Crippen molar-refractivity contribution < 1.29 is 9.53 Å². The third-order valence-corrected chi connectivity index (χ3v) is 3.62. The SMILES string of the molecule is CCN(CC)c1nc2ccc(CC(=O)OC)cc2cc1C#N. The number of benzene rings is 1. The van der Waals surface area contributed by atoms with Crippen LogP contribution in [0.3, 0.4) is 0 Å². The van der Waals surface area contributed by atoms with E-state index in [1.807, 2.05) is 38.1 Å². The van der Waals surface area contributed by atoms with E-state index >= 15 is 0 Å². The molecule has 0 fully saturated rings. The van der Waals surface area contributed by atoms with E-state index in [1.165, 1.54) is 7.11 Å². The van der Waals surface area contributed by atoms with E-state index in [-0.39, 0.29) is 12.4 Å². The second-order valence-electron chi connectivity index (χ2n) is 4.92. The van der Waals surface area contributed by atoms with Crippen LogP contribution in [0.2, 0.25) is 0 Å². The highest BCUT2D eigenvalue weighted by atomic mass is 16.5. The zero-order valence-electron chi connectivity index (χ0n) is 13.1. The lowest BCUT2D eigenvalue weighted by Crippen LogP contribution is -2.24. The second-order valence-corrected chi connectivity index (χ2v) is 4.92. The number of rotatable bonds is 5. The standard InChI is InChI=1S/C17H19N3O2/c1-4-20(5-2)17-14(11-18)10-13-8-12(9-16(21)22-3)6-7-15(13)19-17/h6-8,10H,4-5,9H2,1-3H3. The molecule has 2 rings (SSSR count). The first-order valence-electron chi connectivity index (χ1n) is 7.28. The maximum absolute atomic E-state index is 11.4. The summed E-state index contributed by atoms with van der Waals surface area (Å²) in [6, 6.07) is 9.67. The van der Waals surface area contributed by atoms with Crippen molar-refractivity contribution in [2.75, 3.05) is 25.1 Å². The Morgan fingerprint density at radius 3 is 2.64 bits per heavy atom. The summed E-state index contributed by atoms with van der Waals surface area (Å²) < 4.78 is 4.68. The van der Waals surface area contributed by atoms with E-state index in [0.29, 0.717) is 11.4 Å². The van der Waals surface area contributed by atoms with Gasteiger partial charge < -0.3 is 9.64 Å². The molecule has 0 radical (unpaired) electrons. The van der Waals surface area contributed by atoms with E-state index < -0.39 is 0 Å². The Hall–Kier alpha value is -2.61. The summed E-state index contributed by atoms with van der Waals surface area (Å²) >= 11 is 0. The Bertz CT molecular complexity index is 730. The summed E-state index contributed by atoms with van der Waals surface area (Å²) in [5.41, 5.74) is 2.21. The van der Waals surface area contributed by atoms with Crippen molar-refractivity contribution in [1.82, 2.24) is 4.98 Å². The number of esters is 1. The van der Waals surface area contributed by atoms with E-state index in [9.17, 15) is 10.1 Å². The van der Waals surface area contributed by atoms with Gasteiger partial charge in [0.2, 0.25) is 0 Å². The molecule has 0 aliphatic heterocycles. The Kier molecular flexibility index (Phi) is 4.95. The van der Waals surface area contributed by atoms with Crippen LogP contribution in [-0.4, -0.2) is 31.2 Å². The lowest BCUT2D eigenvalue weighted by atomic mass is 10.1. The average molecular weight is 297 g/mol. The smallest absolute Gasteiger partial charge is 0.309 e. The van der Waals surface area contributed by atoms with Gasteiger partial charge in [0.25, 0.3) is 0 Å². The molecular formula is C17H19N3O2. The van der Waals surface area contributed by atoms with E-state index in [1.54, 1.807) is 0 Å². The number of methoxy groups -OCH3 is 1. The number of hydrogen-bond acceptors (Lipinski definition) is 5. The predicted octanol–water partition coefficient (Wildman–Crippen LogP) is 2.67. The van der Waals surface area contributed by atoms with Gasteiger partial charge >= 0.3 is 5.97 Å². The monoisotopic (exact) mass is 297 g/mol. The van der Waals surface area contributed by atoms with Gasteiger partial charge in [0, 0.05) is 18.5 Å². The molecule has 5 heteroatoms. The molecule has 0 amide bonds. The van der Waals surface area contributed by atoms with Gasteiger partial charge in [-0.2, -0.15) is 5.26 Å². The molecule has 1 aromatic heterocycles. The summed E-state index contributed by atoms with van der Waals surface area (Å²) in [6.07, 6.45) is 0.214. The van der Waals surface area contributed by atoms with Crippen LogP contribution < -0.4 is 4.90 Å². The molecule has 0 aliphatic rings. The fourth-order valence-electron chi connectivity index (χ4n) is 2.41. The van der Waals surface area contributed by atoms with Gasteiger partial charge in [-0.15, -0.1) is 0 Å². The summed E-state index contributed by atoms with van der Waals surface area (Å²) in [6.45, 7) is 5.67. The summed E-state index contributed by atoms with van der Waals surface area (Å²) in [5, 5.41) is 10.2. The van der Waals surface area contributed by atoms with Crippen molar-refractivity contribution in [3.63, 3.8) is 0 Å². The normalized spacial score (nSPS) is 10.3. The minimum absolute atomic E-state index is 0.214. The lowest BCUT2D eigenvalue weighted by molar-refractivity contribution is -0.139. The number of carbonyl (C=O) groups excluding carboxylic acids is 1. The van der Waals surface area contributed by atoms with Gasteiger partial charge in [0.15, 0.2) is 0 Å². The second kappa shape index (κ2) is 6.90. The first kappa shape index (κ1) is 15.8. The number of nitrogens with zero attached hydrogens (tertiary/aromatic N) is 3. The number of hydrogen-bond donors (Lipinski definition) is 0. The molecule has 0 aliphatic carbocycles. The molecule has 2 aromatic rings. The number of carbonyl (C=O) groups is 1. The number of fused-ring (bicyclic) bond motifs is 1. The highest BCUT2D eigenvalue weighted by molar-refractivity contribution is 5.85. The highest BCUT2D eigenvalue weighted by Gasteiger charge is 2.12. The highest BCUT2D eigenvalue weighted by Crippen LogP contribution is 2.24. The Morgan fingerprint density at radius 1 is 1.32 bits per heavy atom. The van der Waals surface area contributed by atoms with Crippen LogP contribution in [0.4, 0.5) is 5.82 Å². The van der Waals surface area contributed by atoms with Gasteiger partial charge in [-0.25, -0.2) is 4.98 Å². The minimum atomic E-state index is -0.285. The number of ether oxygens (including phenoxy) is 1. The summed E-state index contributed by atoms with van der Waals surface area (Å²) in [5.74, 6) is 0.424. The van der Waals surface area contributed by atoms with Crippen LogP contribution in [0, 0.1) is 11.3 Å². The first-order valence-corrected chi connectivity index (χ1v) is 7.28. The van der Waals surface area contributed by atoms with E-state index in [2.05, 4.69) is 20.7 Å². The Morgan fingerprint density at radius 2 is 2.05 bits per heavy atom. The quantitative estimate of drug-likeness (QED) is 0.794. The molecule has 0 saturated carbocycles. The van der Waals surface area contributed by atoms with Gasteiger partial charge in [-0.1, -0.05) is 6.07 Å². The van der Waals surface area contributed by atoms with Gasteiger partial charge in [0.1, 0.15) is 11.9 Å². The fourth-order valence-corrected chi connectivity index (χ4v) is 2.41. The van der Waals surface area contributed by atoms with E-state index in [4.69, 9.17) is 0 Å². The van der Waals surface area contributed by atoms with Gasteiger partial charge in [-0.3, -0.25) is 4.79 Å². The van der Waals surface area contributed by atoms with Gasteiger partial charge in [-0.05, 0) is 37.6 Å². The topological polar surface area (TPSA) is 66.2 Å². The number of pyridine rings is 1. The minimum Gasteiger partial charge on any atom is -0.469 e. The molecule has 0 atom stereocenters. The molecule has 0 N–H and O–H groups in total. The largest absolute Gasteiger partial charge is 0.469 e. The molecule has 0 unspecified atom stereocenters. The van der Waals surface area contributed by atoms with Crippen LogP contribution in [-0.2, 0) is 16.0 Å². The number of nitriles is 1. The van der Waals surface area contributed by atoms with Crippen LogP contribution in [0.1, 0.15) is 25.0 Å². The Balaban J connectivity index is 2.50. The molecule has 0 saturated heterocycles. The molecule has 0 spiro atoms. The predicted molar refractivity (Wildman–Crippen MR) is 85.7 cm³/mol. The van der Waals surface area contributed by atoms with E-state index in [0.717, 1.165) is 29.6 Å². The van der Waals surface area contributed by atoms with Crippen molar-refractivity contribution >= 4 is 22.7 Å². The average Bonchev–Trinajstić information content (AvgIpc) is 2.55. The molecule has 114 valence electrons. The van der Waals surface area contributed by atoms with Crippen LogP contribution >= 0.6 is 0 Å². The Labute approximate surface area is 130 Å². The molecule has 1 heterocycles. The fraction of sp³-hybridized carbons (Fsp3) is 0.353.